The van der Waals surface area contributed by atoms with Crippen molar-refractivity contribution in [3.05, 3.63) is 65.7 Å². The molecule has 0 radical (unpaired) electrons. The first-order chi connectivity index (χ1) is 13.6. The summed E-state index contributed by atoms with van der Waals surface area (Å²) in [5.74, 6) is 1.65. The second kappa shape index (κ2) is 7.80. The summed E-state index contributed by atoms with van der Waals surface area (Å²) in [6, 6.07) is 13.5. The lowest BCUT2D eigenvalue weighted by atomic mass is 10.1. The molecule has 1 amide bonds. The van der Waals surface area contributed by atoms with Crippen LogP contribution in [0.15, 0.2) is 48.5 Å². The molecular formula is C21H21FN4O2. The summed E-state index contributed by atoms with van der Waals surface area (Å²) < 4.78 is 18.4. The smallest absolute Gasteiger partial charge is 0.227 e. The fourth-order valence-electron chi connectivity index (χ4n) is 3.56. The zero-order valence-electron chi connectivity index (χ0n) is 15.6. The Morgan fingerprint density at radius 1 is 1.29 bits per heavy atom. The molecule has 1 fully saturated rings. The molecule has 2 aromatic carbocycles. The van der Waals surface area contributed by atoms with Crippen molar-refractivity contribution < 1.29 is 13.9 Å². The van der Waals surface area contributed by atoms with Crippen LogP contribution in [0.2, 0.25) is 0 Å². The number of nitrogens with zero attached hydrogens (tertiary/aromatic N) is 3. The number of likely N-dealkylation sites (tertiary alicyclic amines) is 1. The number of hydrogen-bond acceptors (Lipinski definition) is 4. The van der Waals surface area contributed by atoms with Gasteiger partial charge in [0.1, 0.15) is 17.4 Å². The number of H-pyrrole nitrogens is 1. The SMILES string of the molecule is COc1cccc(CC(=O)N2CCCC2c2nc(-c3ccc(F)cc3)n[nH]2)c1. The molecule has 144 valence electrons. The van der Waals surface area contributed by atoms with Crippen LogP contribution in [-0.2, 0) is 11.2 Å². The Bertz CT molecular complexity index is 971. The van der Waals surface area contributed by atoms with Crippen LogP contribution < -0.4 is 4.74 Å². The number of ether oxygens (including phenoxy) is 1. The molecule has 28 heavy (non-hydrogen) atoms. The quantitative estimate of drug-likeness (QED) is 0.735. The molecule has 0 saturated carbocycles. The van der Waals surface area contributed by atoms with Crippen LogP contribution in [-0.4, -0.2) is 39.6 Å². The van der Waals surface area contributed by atoms with E-state index < -0.39 is 0 Å². The predicted octanol–water partition coefficient (Wildman–Crippen LogP) is 3.53. The van der Waals surface area contributed by atoms with Crippen LogP contribution in [0.5, 0.6) is 5.75 Å². The van der Waals surface area contributed by atoms with Gasteiger partial charge in [-0.3, -0.25) is 9.89 Å². The molecule has 0 spiro atoms. The van der Waals surface area contributed by atoms with Gasteiger partial charge in [-0.2, -0.15) is 5.10 Å². The Hall–Kier alpha value is -3.22. The van der Waals surface area contributed by atoms with E-state index in [1.54, 1.807) is 19.2 Å². The molecule has 1 aliphatic heterocycles. The highest BCUT2D eigenvalue weighted by Gasteiger charge is 2.32. The minimum atomic E-state index is -0.301. The lowest BCUT2D eigenvalue weighted by Gasteiger charge is -2.23. The van der Waals surface area contributed by atoms with Crippen molar-refractivity contribution in [2.75, 3.05) is 13.7 Å². The molecule has 1 atom stereocenters. The van der Waals surface area contributed by atoms with Crippen LogP contribution in [0.25, 0.3) is 11.4 Å². The number of carbonyl (C=O) groups is 1. The Morgan fingerprint density at radius 3 is 2.89 bits per heavy atom. The first-order valence-electron chi connectivity index (χ1n) is 9.24. The minimum absolute atomic E-state index is 0.0514. The number of rotatable bonds is 5. The van der Waals surface area contributed by atoms with Crippen molar-refractivity contribution in [1.29, 1.82) is 0 Å². The third-order valence-electron chi connectivity index (χ3n) is 4.98. The lowest BCUT2D eigenvalue weighted by molar-refractivity contribution is -0.131. The average molecular weight is 380 g/mol. The Labute approximate surface area is 162 Å². The summed E-state index contributed by atoms with van der Waals surface area (Å²) in [6.07, 6.45) is 2.07. The highest BCUT2D eigenvalue weighted by Crippen LogP contribution is 2.31. The Morgan fingerprint density at radius 2 is 2.11 bits per heavy atom. The minimum Gasteiger partial charge on any atom is -0.497 e. The number of benzene rings is 2. The number of methoxy groups -OCH3 is 1. The number of halogens is 1. The van der Waals surface area contributed by atoms with Gasteiger partial charge in [0.25, 0.3) is 0 Å². The van der Waals surface area contributed by atoms with E-state index >= 15 is 0 Å². The fourth-order valence-corrected chi connectivity index (χ4v) is 3.56. The first kappa shape index (κ1) is 18.2. The molecule has 1 N–H and O–H groups in total. The summed E-state index contributed by atoms with van der Waals surface area (Å²) >= 11 is 0. The standard InChI is InChI=1S/C21H21FN4O2/c1-28-17-5-2-4-14(12-17)13-19(27)26-11-3-6-18(26)21-23-20(24-25-21)15-7-9-16(22)10-8-15/h2,4-5,7-10,12,18H,3,6,11,13H2,1H3,(H,23,24,25). The highest BCUT2D eigenvalue weighted by atomic mass is 19.1. The number of amides is 1. The van der Waals surface area contributed by atoms with E-state index in [9.17, 15) is 9.18 Å². The monoisotopic (exact) mass is 380 g/mol. The molecule has 1 unspecified atom stereocenters. The summed E-state index contributed by atoms with van der Waals surface area (Å²) in [5.41, 5.74) is 1.65. The predicted molar refractivity (Wildman–Crippen MR) is 102 cm³/mol. The van der Waals surface area contributed by atoms with Gasteiger partial charge in [-0.25, -0.2) is 9.37 Å². The van der Waals surface area contributed by atoms with Crippen molar-refractivity contribution in [3.8, 4) is 17.1 Å². The molecule has 7 heteroatoms. The molecule has 3 aromatic rings. The van der Waals surface area contributed by atoms with Crippen LogP contribution in [0.4, 0.5) is 4.39 Å². The maximum atomic E-state index is 13.1. The van der Waals surface area contributed by atoms with E-state index in [1.807, 2.05) is 29.2 Å². The molecule has 4 rings (SSSR count). The normalized spacial score (nSPS) is 16.4. The van der Waals surface area contributed by atoms with Crippen LogP contribution in [0, 0.1) is 5.82 Å². The molecule has 1 aromatic heterocycles. The second-order valence-electron chi connectivity index (χ2n) is 6.82. The van der Waals surface area contributed by atoms with Gasteiger partial charge < -0.3 is 9.64 Å². The molecule has 0 aliphatic carbocycles. The summed E-state index contributed by atoms with van der Waals surface area (Å²) in [7, 11) is 1.61. The van der Waals surface area contributed by atoms with Gasteiger partial charge >= 0.3 is 0 Å². The maximum absolute atomic E-state index is 13.1. The first-order valence-corrected chi connectivity index (χ1v) is 9.24. The van der Waals surface area contributed by atoms with Gasteiger partial charge in [-0.05, 0) is 54.8 Å². The molecule has 2 heterocycles. The number of carbonyl (C=O) groups excluding carboxylic acids is 1. The Kier molecular flexibility index (Phi) is 5.06. The van der Waals surface area contributed by atoms with Crippen LogP contribution >= 0.6 is 0 Å². The number of hydrogen-bond donors (Lipinski definition) is 1. The lowest BCUT2D eigenvalue weighted by Crippen LogP contribution is -2.32. The molecular weight excluding hydrogens is 359 g/mol. The van der Waals surface area contributed by atoms with Crippen LogP contribution in [0.1, 0.15) is 30.3 Å². The molecule has 6 nitrogen and oxygen atoms in total. The molecule has 1 saturated heterocycles. The van der Waals surface area contributed by atoms with Gasteiger partial charge in [0.05, 0.1) is 19.6 Å². The zero-order valence-corrected chi connectivity index (χ0v) is 15.6. The third kappa shape index (κ3) is 3.74. The summed E-state index contributed by atoms with van der Waals surface area (Å²) in [5, 5.41) is 7.21. The van der Waals surface area contributed by atoms with Gasteiger partial charge in [0.15, 0.2) is 5.82 Å². The van der Waals surface area contributed by atoms with E-state index in [4.69, 9.17) is 4.74 Å². The second-order valence-corrected chi connectivity index (χ2v) is 6.82. The average Bonchev–Trinajstić information content (AvgIpc) is 3.38. The van der Waals surface area contributed by atoms with E-state index in [-0.39, 0.29) is 17.8 Å². The summed E-state index contributed by atoms with van der Waals surface area (Å²) in [6.45, 7) is 0.694. The summed E-state index contributed by atoms with van der Waals surface area (Å²) in [4.78, 5) is 19.3. The maximum Gasteiger partial charge on any atom is 0.227 e. The third-order valence-corrected chi connectivity index (χ3v) is 4.98. The Balaban J connectivity index is 1.50. The molecule has 0 bridgehead atoms. The van der Waals surface area contributed by atoms with Gasteiger partial charge in [-0.15, -0.1) is 0 Å². The van der Waals surface area contributed by atoms with Gasteiger partial charge in [0.2, 0.25) is 5.91 Å². The van der Waals surface area contributed by atoms with E-state index in [1.165, 1.54) is 12.1 Å². The van der Waals surface area contributed by atoms with Crippen molar-refractivity contribution in [2.24, 2.45) is 0 Å². The fraction of sp³-hybridized carbons (Fsp3) is 0.286. The number of aromatic nitrogens is 3. The van der Waals surface area contributed by atoms with Crippen molar-refractivity contribution >= 4 is 5.91 Å². The largest absolute Gasteiger partial charge is 0.497 e. The number of aromatic amines is 1. The highest BCUT2D eigenvalue weighted by molar-refractivity contribution is 5.79. The van der Waals surface area contributed by atoms with Crippen molar-refractivity contribution in [1.82, 2.24) is 20.1 Å². The van der Waals surface area contributed by atoms with E-state index in [2.05, 4.69) is 15.2 Å². The topological polar surface area (TPSA) is 71.1 Å². The van der Waals surface area contributed by atoms with Gasteiger partial charge in [-0.1, -0.05) is 12.1 Å². The number of nitrogens with one attached hydrogen (secondary N) is 1. The van der Waals surface area contributed by atoms with Crippen LogP contribution in [0.3, 0.4) is 0 Å². The van der Waals surface area contributed by atoms with Gasteiger partial charge in [0, 0.05) is 12.1 Å². The van der Waals surface area contributed by atoms with E-state index in [0.29, 0.717) is 24.6 Å². The van der Waals surface area contributed by atoms with E-state index in [0.717, 1.165) is 29.7 Å². The van der Waals surface area contributed by atoms with Crippen molar-refractivity contribution in [2.45, 2.75) is 25.3 Å². The zero-order chi connectivity index (χ0) is 19.5. The van der Waals surface area contributed by atoms with Crippen molar-refractivity contribution in [3.63, 3.8) is 0 Å². The molecule has 1 aliphatic rings.